The van der Waals surface area contributed by atoms with Crippen LogP contribution in [-0.2, 0) is 21.5 Å². The van der Waals surface area contributed by atoms with Gasteiger partial charge in [-0.3, -0.25) is 0 Å². The monoisotopic (exact) mass is 349 g/mol. The van der Waals surface area contributed by atoms with Crippen molar-refractivity contribution in [2.45, 2.75) is 51.0 Å². The highest BCUT2D eigenvalue weighted by atomic mass is 19.4. The Labute approximate surface area is 136 Å². The molecule has 1 aromatic rings. The molecule has 9 heteroatoms. The third kappa shape index (κ3) is 2.88. The fourth-order valence-electron chi connectivity index (χ4n) is 2.67. The van der Waals surface area contributed by atoms with Gasteiger partial charge in [0.25, 0.3) is 0 Å². The number of carbonyl (C=O) groups excluding carboxylic acids is 2. The molecule has 1 N–H and O–H groups in total. The van der Waals surface area contributed by atoms with Gasteiger partial charge in [0, 0.05) is 0 Å². The van der Waals surface area contributed by atoms with Gasteiger partial charge in [0.2, 0.25) is 5.60 Å². The number of aliphatic hydroxyl groups is 1. The van der Waals surface area contributed by atoms with E-state index in [4.69, 9.17) is 4.74 Å². The minimum Gasteiger partial charge on any atom is -0.464 e. The average Bonchev–Trinajstić information content (AvgIpc) is 2.94. The summed E-state index contributed by atoms with van der Waals surface area (Å²) in [7, 11) is 1.04. The number of rotatable bonds is 1. The Bertz CT molecular complexity index is 687. The fourth-order valence-corrected chi connectivity index (χ4v) is 2.67. The maximum absolute atomic E-state index is 13.4. The molecule has 1 atom stereocenters. The number of ether oxygens (including phenoxy) is 2. The summed E-state index contributed by atoms with van der Waals surface area (Å²) in [4.78, 5) is 24.2. The van der Waals surface area contributed by atoms with Gasteiger partial charge in [-0.25, -0.2) is 14.2 Å². The largest absolute Gasteiger partial charge is 0.464 e. The van der Waals surface area contributed by atoms with Gasteiger partial charge in [0.1, 0.15) is 11.3 Å². The second-order valence-electron chi connectivity index (χ2n) is 6.57. The van der Waals surface area contributed by atoms with Crippen LogP contribution in [0, 0.1) is 0 Å². The molecule has 1 unspecified atom stereocenters. The summed E-state index contributed by atoms with van der Waals surface area (Å²) in [6.07, 6.45) is -6.96. The van der Waals surface area contributed by atoms with Crippen molar-refractivity contribution in [2.24, 2.45) is 0 Å². The number of halogens is 3. The molecule has 0 aliphatic heterocycles. The molecule has 0 aromatic carbocycles. The van der Waals surface area contributed by atoms with Crippen LogP contribution in [0.1, 0.15) is 48.9 Å². The highest BCUT2D eigenvalue weighted by Gasteiger charge is 2.61. The summed E-state index contributed by atoms with van der Waals surface area (Å²) in [5, 5.41) is 10.2. The molecule has 1 aromatic heterocycles. The normalized spacial score (nSPS) is 20.7. The molecule has 0 saturated heterocycles. The Morgan fingerprint density at radius 3 is 2.33 bits per heavy atom. The van der Waals surface area contributed by atoms with Crippen LogP contribution in [0.25, 0.3) is 0 Å². The van der Waals surface area contributed by atoms with Gasteiger partial charge in [-0.1, -0.05) is 0 Å². The molecule has 0 spiro atoms. The molecule has 134 valence electrons. The van der Waals surface area contributed by atoms with E-state index in [9.17, 15) is 27.9 Å². The maximum Gasteiger partial charge on any atom is 0.422 e. The van der Waals surface area contributed by atoms with Crippen molar-refractivity contribution in [3.63, 3.8) is 0 Å². The van der Waals surface area contributed by atoms with E-state index >= 15 is 0 Å². The molecule has 0 saturated carbocycles. The Balaban J connectivity index is 2.68. The first-order valence-corrected chi connectivity index (χ1v) is 7.17. The number of aryl methyl sites for hydroxylation is 1. The molecule has 24 heavy (non-hydrogen) atoms. The number of carbonyl (C=O) groups is 2. The van der Waals surface area contributed by atoms with Crippen LogP contribution in [-0.4, -0.2) is 40.6 Å². The van der Waals surface area contributed by atoms with Gasteiger partial charge in [0.05, 0.1) is 12.8 Å². The molecule has 6 nitrogen and oxygen atoms in total. The Morgan fingerprint density at radius 2 is 1.88 bits per heavy atom. The molecule has 0 amide bonds. The lowest BCUT2D eigenvalue weighted by Crippen LogP contribution is -2.43. The number of alkyl halides is 3. The number of hydrogen-bond acceptors (Lipinski definition) is 5. The van der Waals surface area contributed by atoms with Crippen molar-refractivity contribution in [3.8, 4) is 0 Å². The Kier molecular flexibility index (Phi) is 4.20. The maximum atomic E-state index is 13.4. The summed E-state index contributed by atoms with van der Waals surface area (Å²) in [5.74, 6) is -1.00. The first-order chi connectivity index (χ1) is 10.8. The minimum atomic E-state index is -5.01. The number of methoxy groups -OCH3 is 1. The predicted molar refractivity (Wildman–Crippen MR) is 75.7 cm³/mol. The molecule has 2 rings (SSSR count). The predicted octanol–water partition coefficient (Wildman–Crippen LogP) is 2.75. The van der Waals surface area contributed by atoms with Crippen LogP contribution in [0.15, 0.2) is 6.07 Å². The quantitative estimate of drug-likeness (QED) is 0.789. The highest BCUT2D eigenvalue weighted by Crippen LogP contribution is 2.49. The standard InChI is InChI=1S/C15H18F3NO5/c1-13(2,3)24-12(21)19-9(11(20)23-4)7-8-5-6-14(22,10(8)19)15(16,17)18/h7,22H,5-6H2,1-4H3. The van der Waals surface area contributed by atoms with E-state index in [1.165, 1.54) is 20.8 Å². The van der Waals surface area contributed by atoms with E-state index in [0.717, 1.165) is 13.2 Å². The summed E-state index contributed by atoms with van der Waals surface area (Å²) in [6, 6.07) is 1.12. The number of hydrogen-bond donors (Lipinski definition) is 1. The lowest BCUT2D eigenvalue weighted by atomic mass is 10.0. The average molecular weight is 349 g/mol. The number of aromatic nitrogens is 1. The zero-order valence-electron chi connectivity index (χ0n) is 13.7. The highest BCUT2D eigenvalue weighted by molar-refractivity contribution is 5.93. The molecule has 1 aliphatic carbocycles. The molecule has 0 radical (unpaired) electrons. The SMILES string of the molecule is COC(=O)c1cc2c(n1C(=O)OC(C)(C)C)C(O)(C(F)(F)F)CC2. The lowest BCUT2D eigenvalue weighted by molar-refractivity contribution is -0.267. The molecular weight excluding hydrogens is 331 g/mol. The lowest BCUT2D eigenvalue weighted by Gasteiger charge is -2.29. The molecular formula is C15H18F3NO5. The Morgan fingerprint density at radius 1 is 1.29 bits per heavy atom. The van der Waals surface area contributed by atoms with Crippen LogP contribution < -0.4 is 0 Å². The first-order valence-electron chi connectivity index (χ1n) is 7.17. The molecule has 1 heterocycles. The van der Waals surface area contributed by atoms with Crippen LogP contribution >= 0.6 is 0 Å². The van der Waals surface area contributed by atoms with E-state index in [-0.39, 0.29) is 12.0 Å². The van der Waals surface area contributed by atoms with Crippen molar-refractivity contribution in [2.75, 3.05) is 7.11 Å². The van der Waals surface area contributed by atoms with E-state index in [0.29, 0.717) is 4.57 Å². The van der Waals surface area contributed by atoms with Crippen molar-refractivity contribution < 1.29 is 37.3 Å². The third-order valence-corrected chi connectivity index (χ3v) is 3.67. The first kappa shape index (κ1) is 18.3. The summed E-state index contributed by atoms with van der Waals surface area (Å²) >= 11 is 0. The molecule has 1 aliphatic rings. The van der Waals surface area contributed by atoms with Crippen molar-refractivity contribution in [1.29, 1.82) is 0 Å². The van der Waals surface area contributed by atoms with Crippen LogP contribution in [0.5, 0.6) is 0 Å². The second-order valence-corrected chi connectivity index (χ2v) is 6.57. The second kappa shape index (κ2) is 5.51. The fraction of sp³-hybridized carbons (Fsp3) is 0.600. The van der Waals surface area contributed by atoms with Crippen molar-refractivity contribution in [1.82, 2.24) is 4.57 Å². The summed E-state index contributed by atoms with van der Waals surface area (Å²) in [5.41, 5.74) is -5.29. The van der Waals surface area contributed by atoms with E-state index in [1.54, 1.807) is 0 Å². The van der Waals surface area contributed by atoms with E-state index < -0.39 is 47.2 Å². The zero-order valence-corrected chi connectivity index (χ0v) is 13.7. The van der Waals surface area contributed by atoms with Crippen LogP contribution in [0.3, 0.4) is 0 Å². The van der Waals surface area contributed by atoms with Gasteiger partial charge < -0.3 is 14.6 Å². The zero-order chi connectivity index (χ0) is 18.5. The van der Waals surface area contributed by atoms with Gasteiger partial charge in [-0.05, 0) is 45.2 Å². The van der Waals surface area contributed by atoms with Crippen LogP contribution in [0.2, 0.25) is 0 Å². The van der Waals surface area contributed by atoms with Gasteiger partial charge in [0.15, 0.2) is 0 Å². The topological polar surface area (TPSA) is 77.8 Å². The van der Waals surface area contributed by atoms with Gasteiger partial charge in [-0.2, -0.15) is 13.2 Å². The van der Waals surface area contributed by atoms with E-state index in [2.05, 4.69) is 4.74 Å². The van der Waals surface area contributed by atoms with Crippen molar-refractivity contribution >= 4 is 12.1 Å². The third-order valence-electron chi connectivity index (χ3n) is 3.67. The van der Waals surface area contributed by atoms with E-state index in [1.807, 2.05) is 0 Å². The van der Waals surface area contributed by atoms with Gasteiger partial charge in [-0.15, -0.1) is 0 Å². The summed E-state index contributed by atoms with van der Waals surface area (Å²) < 4.78 is 50.2. The number of fused-ring (bicyclic) bond motifs is 1. The molecule has 0 fully saturated rings. The van der Waals surface area contributed by atoms with Gasteiger partial charge >= 0.3 is 18.2 Å². The number of esters is 1. The smallest absolute Gasteiger partial charge is 0.422 e. The van der Waals surface area contributed by atoms with Crippen molar-refractivity contribution in [3.05, 3.63) is 23.0 Å². The molecule has 0 bridgehead atoms. The van der Waals surface area contributed by atoms with Crippen LogP contribution in [0.4, 0.5) is 18.0 Å². The minimum absolute atomic E-state index is 0.0566. The summed E-state index contributed by atoms with van der Waals surface area (Å²) in [6.45, 7) is 4.59. The number of nitrogens with zero attached hydrogens (tertiary/aromatic N) is 1. The Hall–Kier alpha value is -2.03.